The van der Waals surface area contributed by atoms with E-state index in [2.05, 4.69) is 37.1 Å². The summed E-state index contributed by atoms with van der Waals surface area (Å²) in [7, 11) is 0. The van der Waals surface area contributed by atoms with Gasteiger partial charge in [0.25, 0.3) is 0 Å². The van der Waals surface area contributed by atoms with E-state index in [4.69, 9.17) is 0 Å². The van der Waals surface area contributed by atoms with E-state index in [1.54, 1.807) is 0 Å². The van der Waals surface area contributed by atoms with Gasteiger partial charge in [0, 0.05) is 12.2 Å². The Balaban J connectivity index is 2.56. The average Bonchev–Trinajstić information content (AvgIpc) is 2.34. The van der Waals surface area contributed by atoms with Crippen LogP contribution in [-0.2, 0) is 4.79 Å². The van der Waals surface area contributed by atoms with Crippen LogP contribution >= 0.6 is 11.8 Å². The lowest BCUT2D eigenvalue weighted by Crippen LogP contribution is -2.28. The fraction of sp³-hybridized carbons (Fsp3) is 0.562. The van der Waals surface area contributed by atoms with Crippen molar-refractivity contribution in [1.29, 1.82) is 5.26 Å². The van der Waals surface area contributed by atoms with Gasteiger partial charge in [-0.1, -0.05) is 32.5 Å². The van der Waals surface area contributed by atoms with Crippen LogP contribution in [-0.4, -0.2) is 23.2 Å². The summed E-state index contributed by atoms with van der Waals surface area (Å²) < 4.78 is 0. The number of pyridine rings is 1. The van der Waals surface area contributed by atoms with Crippen LogP contribution in [0.1, 0.15) is 44.0 Å². The molecule has 0 fully saturated rings. The zero-order valence-corrected chi connectivity index (χ0v) is 14.2. The van der Waals surface area contributed by atoms with Crippen molar-refractivity contribution >= 4 is 17.7 Å². The van der Waals surface area contributed by atoms with Crippen LogP contribution in [0.25, 0.3) is 0 Å². The molecular weight excluding hydrogens is 282 g/mol. The number of carbonyl (C=O) groups is 1. The molecule has 1 aromatic rings. The quantitative estimate of drug-likeness (QED) is 0.848. The maximum atomic E-state index is 11.8. The van der Waals surface area contributed by atoms with Crippen molar-refractivity contribution in [2.24, 2.45) is 5.41 Å². The van der Waals surface area contributed by atoms with Crippen LogP contribution in [0.2, 0.25) is 0 Å². The molecule has 0 saturated carbocycles. The maximum absolute atomic E-state index is 11.8. The second kappa shape index (κ2) is 7.46. The first-order chi connectivity index (χ1) is 9.73. The molecule has 0 bridgehead atoms. The van der Waals surface area contributed by atoms with Gasteiger partial charge in [-0.2, -0.15) is 5.26 Å². The van der Waals surface area contributed by atoms with E-state index in [-0.39, 0.29) is 17.1 Å². The molecule has 0 spiro atoms. The molecule has 1 N–H and O–H groups in total. The van der Waals surface area contributed by atoms with Crippen LogP contribution in [0.3, 0.4) is 0 Å². The van der Waals surface area contributed by atoms with Gasteiger partial charge in [-0.05, 0) is 37.3 Å². The van der Waals surface area contributed by atoms with Crippen LogP contribution in [0.4, 0.5) is 0 Å². The second-order valence-electron chi connectivity index (χ2n) is 6.32. The van der Waals surface area contributed by atoms with Gasteiger partial charge < -0.3 is 5.32 Å². The number of rotatable bonds is 5. The predicted octanol–water partition coefficient (Wildman–Crippen LogP) is 3.21. The molecule has 0 aliphatic carbocycles. The summed E-state index contributed by atoms with van der Waals surface area (Å²) in [5.41, 5.74) is 2.54. The second-order valence-corrected chi connectivity index (χ2v) is 7.29. The Labute approximate surface area is 131 Å². The highest BCUT2D eigenvalue weighted by molar-refractivity contribution is 8.00. The topological polar surface area (TPSA) is 65.8 Å². The van der Waals surface area contributed by atoms with Crippen LogP contribution in [0.15, 0.2) is 11.1 Å². The van der Waals surface area contributed by atoms with Gasteiger partial charge in [0.05, 0.1) is 11.3 Å². The van der Waals surface area contributed by atoms with Crippen molar-refractivity contribution in [3.8, 4) is 6.07 Å². The number of aryl methyl sites for hydroxylation is 2. The van der Waals surface area contributed by atoms with Gasteiger partial charge in [-0.3, -0.25) is 4.79 Å². The average molecular weight is 305 g/mol. The maximum Gasteiger partial charge on any atom is 0.230 e. The predicted molar refractivity (Wildman–Crippen MR) is 86.2 cm³/mol. The van der Waals surface area contributed by atoms with Crippen molar-refractivity contribution in [2.45, 2.75) is 46.1 Å². The molecule has 0 aliphatic rings. The molecule has 1 aromatic heterocycles. The molecule has 0 saturated heterocycles. The number of amides is 1. The number of nitriles is 1. The Kier molecular flexibility index (Phi) is 6.22. The number of aromatic nitrogens is 1. The van der Waals surface area contributed by atoms with E-state index in [1.807, 2.05) is 19.9 Å². The van der Waals surface area contributed by atoms with Crippen molar-refractivity contribution in [1.82, 2.24) is 10.3 Å². The van der Waals surface area contributed by atoms with Crippen molar-refractivity contribution in [3.63, 3.8) is 0 Å². The summed E-state index contributed by atoms with van der Waals surface area (Å²) in [6.45, 7) is 10.9. The normalized spacial score (nSPS) is 11.0. The summed E-state index contributed by atoms with van der Waals surface area (Å²) >= 11 is 1.32. The third-order valence-electron chi connectivity index (χ3n) is 2.96. The summed E-state index contributed by atoms with van der Waals surface area (Å²) in [4.78, 5) is 16.2. The summed E-state index contributed by atoms with van der Waals surface area (Å²) in [5.74, 6) is 0.267. The largest absolute Gasteiger partial charge is 0.355 e. The lowest BCUT2D eigenvalue weighted by Gasteiger charge is -2.17. The molecule has 4 nitrogen and oxygen atoms in total. The zero-order valence-electron chi connectivity index (χ0n) is 13.4. The summed E-state index contributed by atoms with van der Waals surface area (Å²) in [5, 5.41) is 12.7. The van der Waals surface area contributed by atoms with E-state index < -0.39 is 0 Å². The lowest BCUT2D eigenvalue weighted by atomic mass is 9.92. The Morgan fingerprint density at radius 1 is 1.43 bits per heavy atom. The Bertz CT molecular complexity index is 556. The van der Waals surface area contributed by atoms with E-state index in [1.165, 1.54) is 11.8 Å². The molecule has 5 heteroatoms. The fourth-order valence-corrected chi connectivity index (χ4v) is 2.73. The molecule has 21 heavy (non-hydrogen) atoms. The molecule has 0 aliphatic heterocycles. The first-order valence-corrected chi connectivity index (χ1v) is 7.99. The molecule has 1 amide bonds. The molecule has 0 radical (unpaired) electrons. The Hall–Kier alpha value is -1.54. The number of carbonyl (C=O) groups excluding carboxylic acids is 1. The van der Waals surface area contributed by atoms with Gasteiger partial charge in [0.15, 0.2) is 0 Å². The van der Waals surface area contributed by atoms with Crippen LogP contribution in [0.5, 0.6) is 0 Å². The SMILES string of the molecule is Cc1cc(C)c(C#N)c(SCC(=O)NCCC(C)(C)C)n1. The molecule has 0 aromatic carbocycles. The number of hydrogen-bond donors (Lipinski definition) is 1. The van der Waals surface area contributed by atoms with Crippen molar-refractivity contribution in [3.05, 3.63) is 22.9 Å². The monoisotopic (exact) mass is 305 g/mol. The first-order valence-electron chi connectivity index (χ1n) is 7.01. The minimum Gasteiger partial charge on any atom is -0.355 e. The van der Waals surface area contributed by atoms with Gasteiger partial charge in [-0.25, -0.2) is 4.98 Å². The highest BCUT2D eigenvalue weighted by Crippen LogP contribution is 2.23. The van der Waals surface area contributed by atoms with E-state index in [9.17, 15) is 10.1 Å². The number of hydrogen-bond acceptors (Lipinski definition) is 4. The van der Waals surface area contributed by atoms with Gasteiger partial charge in [-0.15, -0.1) is 0 Å². The van der Waals surface area contributed by atoms with Gasteiger partial charge in [0.2, 0.25) is 5.91 Å². The highest BCUT2D eigenvalue weighted by Gasteiger charge is 2.13. The number of nitrogens with zero attached hydrogens (tertiary/aromatic N) is 2. The molecule has 0 atom stereocenters. The van der Waals surface area contributed by atoms with Gasteiger partial charge >= 0.3 is 0 Å². The summed E-state index contributed by atoms with van der Waals surface area (Å²) in [6, 6.07) is 4.04. The lowest BCUT2D eigenvalue weighted by molar-refractivity contribution is -0.118. The minimum atomic E-state index is -0.0194. The Morgan fingerprint density at radius 3 is 2.67 bits per heavy atom. The van der Waals surface area contributed by atoms with E-state index >= 15 is 0 Å². The van der Waals surface area contributed by atoms with E-state index in [0.29, 0.717) is 17.1 Å². The third-order valence-corrected chi connectivity index (χ3v) is 3.94. The molecular formula is C16H23N3OS. The van der Waals surface area contributed by atoms with Crippen molar-refractivity contribution in [2.75, 3.05) is 12.3 Å². The van der Waals surface area contributed by atoms with Gasteiger partial charge in [0.1, 0.15) is 11.1 Å². The molecule has 1 heterocycles. The van der Waals surface area contributed by atoms with Crippen molar-refractivity contribution < 1.29 is 4.79 Å². The molecule has 1 rings (SSSR count). The number of nitrogens with one attached hydrogen (secondary N) is 1. The zero-order chi connectivity index (χ0) is 16.0. The molecule has 0 unspecified atom stereocenters. The molecule has 114 valence electrons. The smallest absolute Gasteiger partial charge is 0.230 e. The van der Waals surface area contributed by atoms with Crippen LogP contribution < -0.4 is 5.32 Å². The first kappa shape index (κ1) is 17.5. The number of thioether (sulfide) groups is 1. The highest BCUT2D eigenvalue weighted by atomic mass is 32.2. The van der Waals surface area contributed by atoms with E-state index in [0.717, 1.165) is 17.7 Å². The minimum absolute atomic E-state index is 0.0194. The third kappa shape index (κ3) is 6.17. The standard InChI is InChI=1S/C16H23N3OS/c1-11-8-12(2)19-15(13(11)9-17)21-10-14(20)18-7-6-16(3,4)5/h8H,6-7,10H2,1-5H3,(H,18,20). The Morgan fingerprint density at radius 2 is 2.10 bits per heavy atom. The summed E-state index contributed by atoms with van der Waals surface area (Å²) in [6.07, 6.45) is 0.939. The van der Waals surface area contributed by atoms with Crippen LogP contribution in [0, 0.1) is 30.6 Å². The fourth-order valence-electron chi connectivity index (χ4n) is 1.80.